The summed E-state index contributed by atoms with van der Waals surface area (Å²) in [7, 11) is 1.71. The van der Waals surface area contributed by atoms with Crippen molar-refractivity contribution in [2.24, 2.45) is 5.92 Å². The first-order valence-electron chi connectivity index (χ1n) is 9.09. The van der Waals surface area contributed by atoms with Gasteiger partial charge in [0.25, 0.3) is 11.8 Å². The van der Waals surface area contributed by atoms with E-state index in [1.807, 2.05) is 45.0 Å². The number of benzene rings is 2. The predicted octanol–water partition coefficient (Wildman–Crippen LogP) is 3.27. The number of imide groups is 1. The van der Waals surface area contributed by atoms with Crippen LogP contribution in [0.3, 0.4) is 0 Å². The topological polar surface area (TPSA) is 57.7 Å². The fourth-order valence-electron chi connectivity index (χ4n) is 3.50. The molecule has 1 heterocycles. The number of hydrogen-bond acceptors (Lipinski definition) is 3. The maximum atomic E-state index is 13.2. The van der Waals surface area contributed by atoms with Gasteiger partial charge in [-0.1, -0.05) is 50.2 Å². The average Bonchev–Trinajstić information content (AvgIpc) is 2.89. The highest BCUT2D eigenvalue weighted by atomic mass is 16.2. The minimum absolute atomic E-state index is 0.195. The van der Waals surface area contributed by atoms with Crippen LogP contribution in [0.15, 0.2) is 48.5 Å². The number of rotatable bonds is 5. The molecule has 0 N–H and O–H groups in total. The highest BCUT2D eigenvalue weighted by Crippen LogP contribution is 2.28. The number of hydrogen-bond donors (Lipinski definition) is 0. The van der Waals surface area contributed by atoms with E-state index >= 15 is 0 Å². The predicted molar refractivity (Wildman–Crippen MR) is 103 cm³/mol. The molecular formula is C22H24N2O3. The maximum absolute atomic E-state index is 13.2. The average molecular weight is 364 g/mol. The van der Waals surface area contributed by atoms with Crippen LogP contribution >= 0.6 is 0 Å². The van der Waals surface area contributed by atoms with Crippen LogP contribution in [-0.2, 0) is 11.3 Å². The second-order valence-corrected chi connectivity index (χ2v) is 7.34. The Labute approximate surface area is 159 Å². The molecule has 2 aromatic rings. The summed E-state index contributed by atoms with van der Waals surface area (Å²) in [6, 6.07) is 13.8. The normalized spacial score (nSPS) is 14.5. The lowest BCUT2D eigenvalue weighted by Gasteiger charge is -2.32. The number of amides is 3. The molecule has 3 rings (SSSR count). The number of nitrogens with zero attached hydrogens (tertiary/aromatic N) is 2. The fourth-order valence-corrected chi connectivity index (χ4v) is 3.50. The molecule has 0 saturated heterocycles. The molecule has 5 nitrogen and oxygen atoms in total. The van der Waals surface area contributed by atoms with E-state index < -0.39 is 17.9 Å². The largest absolute Gasteiger partial charge is 0.340 e. The highest BCUT2D eigenvalue weighted by molar-refractivity contribution is 6.22. The Morgan fingerprint density at radius 2 is 1.48 bits per heavy atom. The first kappa shape index (κ1) is 18.8. The zero-order valence-corrected chi connectivity index (χ0v) is 16.1. The quantitative estimate of drug-likeness (QED) is 0.765. The van der Waals surface area contributed by atoms with E-state index in [9.17, 15) is 14.4 Å². The molecule has 0 saturated carbocycles. The number of carbonyl (C=O) groups is 3. The summed E-state index contributed by atoms with van der Waals surface area (Å²) in [5.74, 6) is -1.22. The van der Waals surface area contributed by atoms with Crippen molar-refractivity contribution >= 4 is 17.7 Å². The summed E-state index contributed by atoms with van der Waals surface area (Å²) in [5.41, 5.74) is 2.86. The summed E-state index contributed by atoms with van der Waals surface area (Å²) in [6.45, 7) is 6.14. The molecule has 0 aliphatic carbocycles. The van der Waals surface area contributed by atoms with E-state index in [-0.39, 0.29) is 11.8 Å². The molecule has 1 aliphatic heterocycles. The van der Waals surface area contributed by atoms with Crippen molar-refractivity contribution in [1.82, 2.24) is 9.80 Å². The van der Waals surface area contributed by atoms with Crippen LogP contribution < -0.4 is 0 Å². The molecule has 140 valence electrons. The third kappa shape index (κ3) is 3.37. The summed E-state index contributed by atoms with van der Waals surface area (Å²) in [6.07, 6.45) is 0. The smallest absolute Gasteiger partial charge is 0.262 e. The molecule has 0 spiro atoms. The summed E-state index contributed by atoms with van der Waals surface area (Å²) >= 11 is 0. The zero-order valence-electron chi connectivity index (χ0n) is 16.1. The van der Waals surface area contributed by atoms with Crippen LogP contribution in [0.4, 0.5) is 0 Å². The van der Waals surface area contributed by atoms with Gasteiger partial charge >= 0.3 is 0 Å². The Morgan fingerprint density at radius 3 is 2.00 bits per heavy atom. The van der Waals surface area contributed by atoms with E-state index in [1.54, 1.807) is 36.2 Å². The van der Waals surface area contributed by atoms with Gasteiger partial charge in [0.15, 0.2) is 0 Å². The van der Waals surface area contributed by atoms with Gasteiger partial charge in [-0.05, 0) is 36.1 Å². The summed E-state index contributed by atoms with van der Waals surface area (Å²) in [4.78, 5) is 41.6. The van der Waals surface area contributed by atoms with Crippen LogP contribution in [0.25, 0.3) is 0 Å². The molecule has 0 aromatic heterocycles. The van der Waals surface area contributed by atoms with Crippen LogP contribution in [0.5, 0.6) is 0 Å². The van der Waals surface area contributed by atoms with Gasteiger partial charge in [-0.25, -0.2) is 0 Å². The first-order chi connectivity index (χ1) is 12.8. The van der Waals surface area contributed by atoms with Gasteiger partial charge in [-0.15, -0.1) is 0 Å². The Hall–Kier alpha value is -2.95. The second-order valence-electron chi connectivity index (χ2n) is 7.34. The molecular weight excluding hydrogens is 340 g/mol. The Morgan fingerprint density at radius 1 is 0.963 bits per heavy atom. The molecule has 5 heteroatoms. The Bertz CT molecular complexity index is 869. The SMILES string of the molecule is Cc1ccccc1CN(C)C(=O)C(C(C)C)N1C(=O)c2ccccc2C1=O. The van der Waals surface area contributed by atoms with Gasteiger partial charge in [0, 0.05) is 13.6 Å². The van der Waals surface area contributed by atoms with E-state index in [0.29, 0.717) is 17.7 Å². The fraction of sp³-hybridized carbons (Fsp3) is 0.318. The summed E-state index contributed by atoms with van der Waals surface area (Å²) < 4.78 is 0. The monoisotopic (exact) mass is 364 g/mol. The van der Waals surface area contributed by atoms with Crippen LogP contribution in [0, 0.1) is 12.8 Å². The number of fused-ring (bicyclic) bond motifs is 1. The van der Waals surface area contributed by atoms with Crippen molar-refractivity contribution in [2.75, 3.05) is 7.05 Å². The summed E-state index contributed by atoms with van der Waals surface area (Å²) in [5, 5.41) is 0. The number of carbonyl (C=O) groups excluding carboxylic acids is 3. The van der Waals surface area contributed by atoms with E-state index in [1.165, 1.54) is 0 Å². The third-order valence-electron chi connectivity index (χ3n) is 5.03. The lowest BCUT2D eigenvalue weighted by atomic mass is 10.0. The maximum Gasteiger partial charge on any atom is 0.262 e. The Balaban J connectivity index is 1.88. The standard InChI is InChI=1S/C22H24N2O3/c1-14(2)19(22(27)23(4)13-16-10-6-5-9-15(16)3)24-20(25)17-11-7-8-12-18(17)21(24)26/h5-12,14,19H,13H2,1-4H3. The lowest BCUT2D eigenvalue weighted by molar-refractivity contribution is -0.136. The van der Waals surface area contributed by atoms with Gasteiger partial charge in [0.05, 0.1) is 11.1 Å². The van der Waals surface area contributed by atoms with Crippen LogP contribution in [0.1, 0.15) is 45.7 Å². The lowest BCUT2D eigenvalue weighted by Crippen LogP contribution is -2.52. The Kier molecular flexibility index (Phi) is 5.13. The van der Waals surface area contributed by atoms with Crippen molar-refractivity contribution in [2.45, 2.75) is 33.4 Å². The number of aryl methyl sites for hydroxylation is 1. The van der Waals surface area contributed by atoms with Gasteiger partial charge in [-0.3, -0.25) is 19.3 Å². The molecule has 27 heavy (non-hydrogen) atoms. The van der Waals surface area contributed by atoms with E-state index in [0.717, 1.165) is 16.0 Å². The minimum Gasteiger partial charge on any atom is -0.340 e. The molecule has 2 aromatic carbocycles. The molecule has 1 atom stereocenters. The van der Waals surface area contributed by atoms with Gasteiger partial charge < -0.3 is 4.90 Å². The van der Waals surface area contributed by atoms with Gasteiger partial charge in [-0.2, -0.15) is 0 Å². The van der Waals surface area contributed by atoms with Crippen molar-refractivity contribution < 1.29 is 14.4 Å². The van der Waals surface area contributed by atoms with Gasteiger partial charge in [0.2, 0.25) is 5.91 Å². The molecule has 0 fully saturated rings. The highest BCUT2D eigenvalue weighted by Gasteiger charge is 2.44. The molecule has 3 amide bonds. The van der Waals surface area contributed by atoms with Crippen LogP contribution in [0.2, 0.25) is 0 Å². The van der Waals surface area contributed by atoms with Crippen molar-refractivity contribution in [3.05, 3.63) is 70.8 Å². The van der Waals surface area contributed by atoms with E-state index in [2.05, 4.69) is 0 Å². The van der Waals surface area contributed by atoms with Crippen molar-refractivity contribution in [3.8, 4) is 0 Å². The van der Waals surface area contributed by atoms with Gasteiger partial charge in [0.1, 0.15) is 6.04 Å². The van der Waals surface area contributed by atoms with Crippen LogP contribution in [-0.4, -0.2) is 40.6 Å². The van der Waals surface area contributed by atoms with E-state index in [4.69, 9.17) is 0 Å². The molecule has 0 radical (unpaired) electrons. The van der Waals surface area contributed by atoms with Crippen molar-refractivity contribution in [3.63, 3.8) is 0 Å². The minimum atomic E-state index is -0.827. The molecule has 1 unspecified atom stereocenters. The zero-order chi connectivity index (χ0) is 19.7. The first-order valence-corrected chi connectivity index (χ1v) is 9.09. The second kappa shape index (κ2) is 7.35. The molecule has 1 aliphatic rings. The molecule has 0 bridgehead atoms. The third-order valence-corrected chi connectivity index (χ3v) is 5.03. The number of likely N-dealkylation sites (N-methyl/N-ethyl adjacent to an activating group) is 1. The van der Waals surface area contributed by atoms with Crippen molar-refractivity contribution in [1.29, 1.82) is 0 Å².